The Kier molecular flexibility index (Phi) is 20.6. The molecular formula is C68H66F4O16S4. The Bertz CT molecular complexity index is 3590. The van der Waals surface area contributed by atoms with Gasteiger partial charge in [0.1, 0.15) is 28.6 Å². The second-order valence-corrected chi connectivity index (χ2v) is 30.9. The molecule has 6 aliphatic carbocycles. The fourth-order valence-electron chi connectivity index (χ4n) is 13.4. The van der Waals surface area contributed by atoms with Gasteiger partial charge in [-0.3, -0.25) is 14.4 Å². The molecule has 24 heteroatoms. The Balaban J connectivity index is 0.000000147. The van der Waals surface area contributed by atoms with Crippen LogP contribution in [0.1, 0.15) is 71.6 Å². The minimum Gasteiger partial charge on any atom is -0.743 e. The van der Waals surface area contributed by atoms with Crippen LogP contribution in [0.25, 0.3) is 0 Å². The summed E-state index contributed by atoms with van der Waals surface area (Å²) in [6, 6.07) is 64.3. The summed E-state index contributed by atoms with van der Waals surface area (Å²) >= 11 is 0. The molecule has 16 nitrogen and oxygen atoms in total. The molecule has 6 aromatic rings. The van der Waals surface area contributed by atoms with E-state index in [0.29, 0.717) is 25.7 Å². The van der Waals surface area contributed by atoms with Gasteiger partial charge in [0.2, 0.25) is 0 Å². The van der Waals surface area contributed by atoms with E-state index in [1.807, 2.05) is 0 Å². The van der Waals surface area contributed by atoms with Gasteiger partial charge in [0.05, 0.1) is 27.2 Å². The van der Waals surface area contributed by atoms with Gasteiger partial charge in [-0.2, -0.15) is 17.6 Å². The van der Waals surface area contributed by atoms with Gasteiger partial charge < -0.3 is 32.8 Å². The molecule has 0 amide bonds. The van der Waals surface area contributed by atoms with Crippen molar-refractivity contribution in [2.45, 2.75) is 128 Å². The summed E-state index contributed by atoms with van der Waals surface area (Å²) in [5.41, 5.74) is -4.40. The third kappa shape index (κ3) is 15.2. The van der Waals surface area contributed by atoms with Gasteiger partial charge in [0.15, 0.2) is 62.8 Å². The van der Waals surface area contributed by atoms with E-state index in [0.717, 1.165) is 6.42 Å². The number of carbonyl (C=O) groups excluding carboxylic acids is 5. The van der Waals surface area contributed by atoms with Gasteiger partial charge in [-0.25, -0.2) is 26.4 Å². The van der Waals surface area contributed by atoms with Crippen LogP contribution in [0.3, 0.4) is 0 Å². The van der Waals surface area contributed by atoms with E-state index in [1.54, 1.807) is 0 Å². The van der Waals surface area contributed by atoms with Gasteiger partial charge in [-0.05, 0) is 131 Å². The number of ether oxygens (including phenoxy) is 5. The van der Waals surface area contributed by atoms with Crippen molar-refractivity contribution in [3.8, 4) is 0 Å². The largest absolute Gasteiger partial charge is 0.743 e. The number of hydrogen-bond donors (Lipinski definition) is 0. The van der Waals surface area contributed by atoms with Crippen molar-refractivity contribution in [3.05, 3.63) is 206 Å². The van der Waals surface area contributed by atoms with Gasteiger partial charge in [-0.1, -0.05) is 122 Å². The molecule has 486 valence electrons. The molecule has 1 saturated heterocycles. The highest BCUT2D eigenvalue weighted by atomic mass is 32.2. The monoisotopic (exact) mass is 1340 g/mol. The highest BCUT2D eigenvalue weighted by Gasteiger charge is 2.77. The van der Waals surface area contributed by atoms with E-state index in [1.165, 1.54) is 43.2 Å². The summed E-state index contributed by atoms with van der Waals surface area (Å²) in [6.07, 6.45) is 2.79. The van der Waals surface area contributed by atoms with Crippen molar-refractivity contribution >= 4 is 71.9 Å². The average molecular weight is 1340 g/mol. The maximum atomic E-state index is 13.3. The molecule has 0 N–H and O–H groups in total. The molecule has 7 bridgehead atoms. The lowest BCUT2D eigenvalue weighted by molar-refractivity contribution is -0.212. The van der Waals surface area contributed by atoms with E-state index in [4.69, 9.17) is 14.2 Å². The van der Waals surface area contributed by atoms with Crippen molar-refractivity contribution in [1.29, 1.82) is 0 Å². The van der Waals surface area contributed by atoms with Crippen molar-refractivity contribution in [1.82, 2.24) is 0 Å². The van der Waals surface area contributed by atoms with Crippen molar-refractivity contribution in [3.63, 3.8) is 0 Å². The second kappa shape index (κ2) is 27.5. The number of esters is 5. The van der Waals surface area contributed by atoms with Crippen molar-refractivity contribution < 1.29 is 91.2 Å². The molecular weight excluding hydrogens is 1280 g/mol. The number of benzene rings is 6. The fourth-order valence-corrected chi connectivity index (χ4v) is 18.0. The number of halogens is 4. The van der Waals surface area contributed by atoms with Crippen LogP contribution in [0.5, 0.6) is 0 Å². The maximum absolute atomic E-state index is 13.3. The van der Waals surface area contributed by atoms with E-state index in [2.05, 4.69) is 205 Å². The number of hydrogen-bond acceptors (Lipinski definition) is 16. The third-order valence-corrected chi connectivity index (χ3v) is 23.1. The zero-order chi connectivity index (χ0) is 66.5. The first-order chi connectivity index (χ1) is 43.4. The standard InChI is InChI=1S/2C18H15S.C17H22F2O7S.C15H16F2O9S/c2*1-4-10-16(11-5-1)19(17-12-6-2-7-13-17)18-14-8-3-9-15-18;1-10(2)13(20)26-16-6-11-3-12(7-16)5-15(4-11,8-16)14(21)25-9-17(18,19)27(22,23)24;1-7(2)10(18)25-14-3-8(13(5-14)4-9(14)12(20)26-13)11(19)24-6-15(16,17)27(21,22)23/h2*1-15H;11-12H,1,3-9H2,2H3,(H,22,23,24);8-9H,1,3-6H2,2H3,(H,21,22,23)/q2*+1;;/p-2. The van der Waals surface area contributed by atoms with Gasteiger partial charge in [0, 0.05) is 36.8 Å². The number of alkyl halides is 4. The second-order valence-electron chi connectivity index (χ2n) is 23.9. The van der Waals surface area contributed by atoms with Crippen molar-refractivity contribution in [2.75, 3.05) is 13.2 Å². The molecule has 6 unspecified atom stereocenters. The van der Waals surface area contributed by atoms with Crippen LogP contribution in [0.4, 0.5) is 17.6 Å². The molecule has 1 spiro atoms. The van der Waals surface area contributed by atoms with Crippen LogP contribution in [-0.4, -0.2) is 96.3 Å². The summed E-state index contributed by atoms with van der Waals surface area (Å²) in [5, 5.41) is -9.48. The normalized spacial score (nSPS) is 24.7. The lowest BCUT2D eigenvalue weighted by atomic mass is 9.48. The fraction of sp³-hybridized carbons (Fsp3) is 0.338. The minimum atomic E-state index is -6.02. The van der Waals surface area contributed by atoms with Crippen LogP contribution < -0.4 is 0 Å². The first-order valence-corrected chi connectivity index (χ1v) is 34.5. The Hall–Kier alpha value is -7.61. The van der Waals surface area contributed by atoms with Crippen LogP contribution in [0.2, 0.25) is 0 Å². The molecule has 6 aromatic carbocycles. The van der Waals surface area contributed by atoms with Gasteiger partial charge in [0.25, 0.3) is 0 Å². The molecule has 0 aromatic heterocycles. The third-order valence-electron chi connectivity index (χ3n) is 16.9. The zero-order valence-corrected chi connectivity index (χ0v) is 53.3. The van der Waals surface area contributed by atoms with Gasteiger partial charge >= 0.3 is 40.4 Å². The lowest BCUT2D eigenvalue weighted by Crippen LogP contribution is -2.60. The smallest absolute Gasteiger partial charge is 0.367 e. The first-order valence-electron chi connectivity index (χ1n) is 29.2. The highest BCUT2D eigenvalue weighted by molar-refractivity contribution is 7.97. The maximum Gasteiger partial charge on any atom is 0.367 e. The predicted molar refractivity (Wildman–Crippen MR) is 328 cm³/mol. The minimum absolute atomic E-state index is 0.00849. The molecule has 6 saturated carbocycles. The molecule has 13 rings (SSSR count). The van der Waals surface area contributed by atoms with Crippen LogP contribution in [0, 0.1) is 29.1 Å². The average Bonchev–Trinajstić information content (AvgIpc) is 1.48. The SMILES string of the molecule is C=C(C)C(=O)OC12CC(C(=O)OCC(F)(F)S(=O)(=O)[O-])C3(CC1C(=O)O3)C2.C=C(C)C(=O)OC12CC3CC(C1)CC(C(=O)OCC(F)(F)S(=O)(=O)[O-])(C3)C2.c1ccc([S+](c2ccccc2)c2ccccc2)cc1.c1ccc([S+](c2ccccc2)c2ccccc2)cc1. The molecule has 1 heterocycles. The van der Waals surface area contributed by atoms with E-state index in [9.17, 15) is 67.5 Å². The Morgan fingerprint density at radius 1 is 0.533 bits per heavy atom. The molecule has 92 heavy (non-hydrogen) atoms. The van der Waals surface area contributed by atoms with Crippen LogP contribution >= 0.6 is 0 Å². The topological polar surface area (TPSA) is 246 Å². The molecule has 6 atom stereocenters. The van der Waals surface area contributed by atoms with E-state index >= 15 is 0 Å². The Morgan fingerprint density at radius 3 is 1.23 bits per heavy atom. The summed E-state index contributed by atoms with van der Waals surface area (Å²) < 4.78 is 141. The number of carbonyl (C=O) groups is 5. The molecule has 7 aliphatic rings. The highest BCUT2D eigenvalue weighted by Crippen LogP contribution is 2.66. The van der Waals surface area contributed by atoms with Crippen LogP contribution in [-0.2, 0) is 89.7 Å². The predicted octanol–water partition coefficient (Wildman–Crippen LogP) is 11.9. The lowest BCUT2D eigenvalue weighted by Gasteiger charge is -2.59. The molecule has 7 fully saturated rings. The Morgan fingerprint density at radius 2 is 0.880 bits per heavy atom. The van der Waals surface area contributed by atoms with E-state index < -0.39 is 108 Å². The Labute approximate surface area is 536 Å². The van der Waals surface area contributed by atoms with Gasteiger partial charge in [-0.15, -0.1) is 0 Å². The molecule has 0 radical (unpaired) electrons. The summed E-state index contributed by atoms with van der Waals surface area (Å²) in [5.74, 6) is -6.11. The summed E-state index contributed by atoms with van der Waals surface area (Å²) in [6.45, 7) is 6.12. The summed E-state index contributed by atoms with van der Waals surface area (Å²) in [4.78, 5) is 69.0. The quantitative estimate of drug-likeness (QED) is 0.0194. The molecule has 1 aliphatic heterocycles. The summed E-state index contributed by atoms with van der Waals surface area (Å²) in [7, 11) is -12.0. The van der Waals surface area contributed by atoms with Crippen molar-refractivity contribution in [2.24, 2.45) is 29.1 Å². The zero-order valence-electron chi connectivity index (χ0n) is 50.0. The first kappa shape index (κ1) is 68.7. The van der Waals surface area contributed by atoms with Crippen LogP contribution in [0.15, 0.2) is 236 Å². The van der Waals surface area contributed by atoms with E-state index in [-0.39, 0.29) is 70.5 Å². The number of rotatable bonds is 18. The number of fused-ring (bicyclic) bond motifs is 3.